The molecule has 0 aliphatic carbocycles. The third-order valence-electron chi connectivity index (χ3n) is 3.58. The number of rotatable bonds is 3. The second-order valence-corrected chi connectivity index (χ2v) is 6.52. The van der Waals surface area contributed by atoms with Gasteiger partial charge in [-0.1, -0.05) is 6.07 Å². The van der Waals surface area contributed by atoms with Gasteiger partial charge in [-0.25, -0.2) is 0 Å². The molecule has 0 spiro atoms. The summed E-state index contributed by atoms with van der Waals surface area (Å²) in [7, 11) is -5.84. The molecule has 23 heavy (non-hydrogen) atoms. The van der Waals surface area contributed by atoms with Gasteiger partial charge in [-0.2, -0.15) is 21.6 Å². The summed E-state index contributed by atoms with van der Waals surface area (Å²) < 4.78 is 65.2. The quantitative estimate of drug-likeness (QED) is 0.367. The standard InChI is InChI=1S/C12H9F3N2O5S/c13-12(14,15)23(20,21)22-10-6-8-9(17(18)19)4-3-7-2-1-5-16(10)11(7)8/h3-4,6H,1-2,5H2. The van der Waals surface area contributed by atoms with Gasteiger partial charge in [-0.05, 0) is 18.4 Å². The van der Waals surface area contributed by atoms with E-state index in [9.17, 15) is 31.7 Å². The van der Waals surface area contributed by atoms with Crippen LogP contribution in [0.2, 0.25) is 0 Å². The van der Waals surface area contributed by atoms with Gasteiger partial charge in [0.1, 0.15) is 0 Å². The molecule has 1 aromatic heterocycles. The summed E-state index contributed by atoms with van der Waals surface area (Å²) in [4.78, 5) is 10.4. The van der Waals surface area contributed by atoms with Gasteiger partial charge in [0.05, 0.1) is 15.8 Å². The number of nitrogens with zero attached hydrogens (tertiary/aromatic N) is 2. The van der Waals surface area contributed by atoms with Crippen molar-refractivity contribution in [2.24, 2.45) is 0 Å². The summed E-state index contributed by atoms with van der Waals surface area (Å²) in [5, 5.41) is 11.1. The molecule has 0 unspecified atom stereocenters. The Hall–Kier alpha value is -2.30. The zero-order chi connectivity index (χ0) is 17.0. The van der Waals surface area contributed by atoms with Crippen LogP contribution >= 0.6 is 0 Å². The van der Waals surface area contributed by atoms with Crippen LogP contribution in [0.5, 0.6) is 5.88 Å². The SMILES string of the molecule is O=[N+]([O-])c1ccc2c3c1cc(OS(=O)(=O)C(F)(F)F)n3CCC2. The summed E-state index contributed by atoms with van der Waals surface area (Å²) in [5.74, 6) is -0.576. The molecule has 1 aliphatic heterocycles. The van der Waals surface area contributed by atoms with Gasteiger partial charge < -0.3 is 8.75 Å². The molecule has 0 bridgehead atoms. The van der Waals surface area contributed by atoms with Crippen LogP contribution in [0.4, 0.5) is 18.9 Å². The van der Waals surface area contributed by atoms with Crippen LogP contribution in [-0.4, -0.2) is 23.4 Å². The molecule has 1 aromatic carbocycles. The Bertz CT molecular complexity index is 917. The van der Waals surface area contributed by atoms with Crippen molar-refractivity contribution >= 4 is 26.7 Å². The first kappa shape index (κ1) is 15.6. The minimum atomic E-state index is -5.84. The number of aromatic nitrogens is 1. The number of aryl methyl sites for hydroxylation is 2. The van der Waals surface area contributed by atoms with E-state index in [1.54, 1.807) is 0 Å². The fraction of sp³-hybridized carbons (Fsp3) is 0.333. The Kier molecular flexibility index (Phi) is 3.29. The van der Waals surface area contributed by atoms with Crippen LogP contribution in [0.25, 0.3) is 10.9 Å². The number of nitro groups is 1. The lowest BCUT2D eigenvalue weighted by atomic mass is 10.0. The molecule has 0 fully saturated rings. The number of nitro benzene ring substituents is 1. The largest absolute Gasteiger partial charge is 0.534 e. The second kappa shape index (κ2) is 4.85. The molecule has 0 radical (unpaired) electrons. The Balaban J connectivity index is 2.23. The summed E-state index contributed by atoms with van der Waals surface area (Å²) in [6.07, 6.45) is 1.14. The van der Waals surface area contributed by atoms with Crippen molar-refractivity contribution in [2.75, 3.05) is 0 Å². The molecular formula is C12H9F3N2O5S. The Labute approximate surface area is 127 Å². The maximum absolute atomic E-state index is 12.5. The van der Waals surface area contributed by atoms with Crippen molar-refractivity contribution in [3.63, 3.8) is 0 Å². The van der Waals surface area contributed by atoms with Crippen LogP contribution in [0.15, 0.2) is 18.2 Å². The Morgan fingerprint density at radius 1 is 1.30 bits per heavy atom. The zero-order valence-electron chi connectivity index (χ0n) is 11.3. The topological polar surface area (TPSA) is 91.4 Å². The van der Waals surface area contributed by atoms with Crippen molar-refractivity contribution in [3.8, 4) is 5.88 Å². The Morgan fingerprint density at radius 2 is 2.00 bits per heavy atom. The fourth-order valence-electron chi connectivity index (χ4n) is 2.65. The van der Waals surface area contributed by atoms with Crippen molar-refractivity contribution in [3.05, 3.63) is 33.9 Å². The highest BCUT2D eigenvalue weighted by atomic mass is 32.2. The summed E-state index contributed by atoms with van der Waals surface area (Å²) in [5.41, 5.74) is -4.87. The van der Waals surface area contributed by atoms with Crippen molar-refractivity contribution in [1.29, 1.82) is 0 Å². The third kappa shape index (κ3) is 2.40. The van der Waals surface area contributed by atoms with Crippen LogP contribution in [-0.2, 0) is 23.1 Å². The average Bonchev–Trinajstić information content (AvgIpc) is 2.78. The van der Waals surface area contributed by atoms with Crippen LogP contribution in [0.1, 0.15) is 12.0 Å². The first-order valence-electron chi connectivity index (χ1n) is 6.42. The van der Waals surface area contributed by atoms with Gasteiger partial charge >= 0.3 is 15.6 Å². The summed E-state index contributed by atoms with van der Waals surface area (Å²) >= 11 is 0. The lowest BCUT2D eigenvalue weighted by molar-refractivity contribution is -0.383. The third-order valence-corrected chi connectivity index (χ3v) is 4.54. The van der Waals surface area contributed by atoms with Gasteiger partial charge in [0.2, 0.25) is 5.88 Å². The predicted octanol–water partition coefficient (Wildman–Crippen LogP) is 2.72. The number of hydrogen-bond acceptors (Lipinski definition) is 5. The number of non-ortho nitro benzene ring substituents is 1. The molecule has 0 saturated heterocycles. The first-order chi connectivity index (χ1) is 10.6. The minimum Gasteiger partial charge on any atom is -0.357 e. The highest BCUT2D eigenvalue weighted by Crippen LogP contribution is 2.39. The van der Waals surface area contributed by atoms with E-state index in [-0.39, 0.29) is 17.6 Å². The fourth-order valence-corrected chi connectivity index (χ4v) is 3.11. The monoisotopic (exact) mass is 350 g/mol. The van der Waals surface area contributed by atoms with E-state index in [0.717, 1.165) is 6.07 Å². The normalized spacial score (nSPS) is 14.9. The molecule has 2 heterocycles. The van der Waals surface area contributed by atoms with Crippen molar-refractivity contribution in [2.45, 2.75) is 24.9 Å². The minimum absolute atomic E-state index is 0.0552. The molecule has 7 nitrogen and oxygen atoms in total. The summed E-state index contributed by atoms with van der Waals surface area (Å²) in [6.45, 7) is 0.209. The molecule has 3 rings (SSSR count). The van der Waals surface area contributed by atoms with E-state index in [1.807, 2.05) is 0 Å². The van der Waals surface area contributed by atoms with Crippen LogP contribution in [0.3, 0.4) is 0 Å². The van der Waals surface area contributed by atoms with Gasteiger partial charge in [-0.15, -0.1) is 0 Å². The van der Waals surface area contributed by atoms with Crippen LogP contribution in [0, 0.1) is 10.1 Å². The number of alkyl halides is 3. The second-order valence-electron chi connectivity index (χ2n) is 4.98. The highest BCUT2D eigenvalue weighted by molar-refractivity contribution is 7.87. The van der Waals surface area contributed by atoms with Crippen molar-refractivity contribution in [1.82, 2.24) is 4.57 Å². The van der Waals surface area contributed by atoms with Gasteiger partial charge in [0.25, 0.3) is 5.69 Å². The highest BCUT2D eigenvalue weighted by Gasteiger charge is 2.49. The van der Waals surface area contributed by atoms with E-state index in [0.29, 0.717) is 23.9 Å². The average molecular weight is 350 g/mol. The van der Waals surface area contributed by atoms with E-state index < -0.39 is 26.4 Å². The maximum atomic E-state index is 12.5. The lowest BCUT2D eigenvalue weighted by Crippen LogP contribution is -2.29. The summed E-state index contributed by atoms with van der Waals surface area (Å²) in [6, 6.07) is 3.72. The van der Waals surface area contributed by atoms with Crippen LogP contribution < -0.4 is 4.18 Å². The Morgan fingerprint density at radius 3 is 2.61 bits per heavy atom. The van der Waals surface area contributed by atoms with Gasteiger partial charge in [0.15, 0.2) is 0 Å². The van der Waals surface area contributed by atoms with E-state index in [2.05, 4.69) is 4.18 Å². The van der Waals surface area contributed by atoms with Gasteiger partial charge in [-0.3, -0.25) is 10.1 Å². The molecule has 2 aromatic rings. The predicted molar refractivity (Wildman–Crippen MR) is 72.5 cm³/mol. The van der Waals surface area contributed by atoms with E-state index in [1.165, 1.54) is 16.7 Å². The molecule has 1 aliphatic rings. The number of halogens is 3. The lowest BCUT2D eigenvalue weighted by Gasteiger charge is -2.18. The first-order valence-corrected chi connectivity index (χ1v) is 7.83. The molecular weight excluding hydrogens is 341 g/mol. The number of hydrogen-bond donors (Lipinski definition) is 0. The maximum Gasteiger partial charge on any atom is 0.534 e. The van der Waals surface area contributed by atoms with Gasteiger partial charge in [0, 0.05) is 18.7 Å². The zero-order valence-corrected chi connectivity index (χ0v) is 12.1. The van der Waals surface area contributed by atoms with E-state index in [4.69, 9.17) is 0 Å². The molecule has 124 valence electrons. The van der Waals surface area contributed by atoms with E-state index >= 15 is 0 Å². The molecule has 0 amide bonds. The number of benzene rings is 1. The molecule has 0 N–H and O–H groups in total. The van der Waals surface area contributed by atoms with Crippen molar-refractivity contribution < 1.29 is 30.7 Å². The molecule has 0 atom stereocenters. The smallest absolute Gasteiger partial charge is 0.357 e. The molecule has 0 saturated carbocycles. The molecule has 11 heteroatoms.